The van der Waals surface area contributed by atoms with Gasteiger partial charge < -0.3 is 10.2 Å². The lowest BCUT2D eigenvalue weighted by Gasteiger charge is -2.23. The maximum Gasteiger partial charge on any atom is 0.270 e. The Hall–Kier alpha value is -2.69. The van der Waals surface area contributed by atoms with Crippen molar-refractivity contribution in [3.8, 4) is 0 Å². The van der Waals surface area contributed by atoms with E-state index in [0.717, 1.165) is 31.4 Å². The molecular weight excluding hydrogens is 326 g/mol. The number of para-hydroxylation sites is 1. The number of hydrogen-bond acceptors (Lipinski definition) is 3. The van der Waals surface area contributed by atoms with Gasteiger partial charge in [-0.3, -0.25) is 14.6 Å². The molecular formula is C21H25N3O2. The largest absolute Gasteiger partial charge is 0.348 e. The Morgan fingerprint density at radius 1 is 1.12 bits per heavy atom. The number of pyridine rings is 1. The van der Waals surface area contributed by atoms with Crippen molar-refractivity contribution in [1.29, 1.82) is 0 Å². The van der Waals surface area contributed by atoms with Gasteiger partial charge in [0.15, 0.2) is 0 Å². The second kappa shape index (κ2) is 8.61. The molecule has 3 rings (SSSR count). The van der Waals surface area contributed by atoms with Gasteiger partial charge in [-0.25, -0.2) is 0 Å². The lowest BCUT2D eigenvalue weighted by atomic mass is 9.95. The molecule has 0 aliphatic heterocycles. The van der Waals surface area contributed by atoms with Crippen LogP contribution in [0.4, 0.5) is 5.69 Å². The van der Waals surface area contributed by atoms with E-state index in [1.54, 1.807) is 17.0 Å². The van der Waals surface area contributed by atoms with Gasteiger partial charge in [0.25, 0.3) is 11.8 Å². The topological polar surface area (TPSA) is 62.3 Å². The summed E-state index contributed by atoms with van der Waals surface area (Å²) in [5, 5.41) is 3.05. The molecule has 2 amide bonds. The second-order valence-corrected chi connectivity index (χ2v) is 6.62. The number of amides is 2. The SMILES string of the molecule is CCN(C(=O)c1ccnc(C(=O)NC2CCCCC2)c1)c1ccccc1. The van der Waals surface area contributed by atoms with Crippen molar-refractivity contribution in [2.45, 2.75) is 45.1 Å². The zero-order valence-electron chi connectivity index (χ0n) is 15.1. The average Bonchev–Trinajstić information content (AvgIpc) is 2.70. The smallest absolute Gasteiger partial charge is 0.270 e. The Bertz CT molecular complexity index is 755. The Balaban J connectivity index is 1.75. The van der Waals surface area contributed by atoms with Crippen LogP contribution in [0.25, 0.3) is 0 Å². The van der Waals surface area contributed by atoms with Crippen molar-refractivity contribution in [3.05, 3.63) is 59.9 Å². The Kier molecular flexibility index (Phi) is 6.00. The van der Waals surface area contributed by atoms with Crippen LogP contribution in [0.1, 0.15) is 59.9 Å². The number of rotatable bonds is 5. The van der Waals surface area contributed by atoms with Crippen molar-refractivity contribution < 1.29 is 9.59 Å². The Morgan fingerprint density at radius 2 is 1.85 bits per heavy atom. The summed E-state index contributed by atoms with van der Waals surface area (Å²) in [5.74, 6) is -0.331. The molecule has 0 unspecified atom stereocenters. The first kappa shape index (κ1) is 18.1. The summed E-state index contributed by atoms with van der Waals surface area (Å²) in [6.45, 7) is 2.48. The maximum absolute atomic E-state index is 12.9. The van der Waals surface area contributed by atoms with Gasteiger partial charge in [-0.05, 0) is 44.0 Å². The molecule has 2 aromatic rings. The molecule has 1 saturated carbocycles. The molecule has 0 saturated heterocycles. The number of aromatic nitrogens is 1. The van der Waals surface area contributed by atoms with Gasteiger partial charge in [0.1, 0.15) is 5.69 Å². The van der Waals surface area contributed by atoms with Crippen molar-refractivity contribution in [3.63, 3.8) is 0 Å². The van der Waals surface area contributed by atoms with Crippen LogP contribution < -0.4 is 10.2 Å². The van der Waals surface area contributed by atoms with E-state index in [9.17, 15) is 9.59 Å². The average molecular weight is 351 g/mol. The van der Waals surface area contributed by atoms with Crippen LogP contribution in [0.15, 0.2) is 48.7 Å². The van der Waals surface area contributed by atoms with Crippen molar-refractivity contribution in [2.24, 2.45) is 0 Å². The van der Waals surface area contributed by atoms with Crippen molar-refractivity contribution in [1.82, 2.24) is 10.3 Å². The molecule has 1 aromatic heterocycles. The fourth-order valence-corrected chi connectivity index (χ4v) is 3.40. The van der Waals surface area contributed by atoms with Crippen LogP contribution >= 0.6 is 0 Å². The fraction of sp³-hybridized carbons (Fsp3) is 0.381. The quantitative estimate of drug-likeness (QED) is 0.891. The number of anilines is 1. The summed E-state index contributed by atoms with van der Waals surface area (Å²) in [5.41, 5.74) is 1.61. The van der Waals surface area contributed by atoms with E-state index < -0.39 is 0 Å². The minimum atomic E-state index is -0.200. The van der Waals surface area contributed by atoms with Crippen LogP contribution in [-0.2, 0) is 0 Å². The van der Waals surface area contributed by atoms with E-state index in [1.165, 1.54) is 12.6 Å². The van der Waals surface area contributed by atoms with Gasteiger partial charge in [0, 0.05) is 30.0 Å². The fourth-order valence-electron chi connectivity index (χ4n) is 3.40. The minimum absolute atomic E-state index is 0.132. The highest BCUT2D eigenvalue weighted by Gasteiger charge is 2.20. The molecule has 136 valence electrons. The molecule has 0 spiro atoms. The summed E-state index contributed by atoms with van der Waals surface area (Å²) in [6, 6.07) is 13.0. The Labute approximate surface area is 154 Å². The van der Waals surface area contributed by atoms with Crippen LogP contribution in [0.5, 0.6) is 0 Å². The number of carbonyl (C=O) groups excluding carboxylic acids is 2. The summed E-state index contributed by atoms with van der Waals surface area (Å²) in [4.78, 5) is 31.3. The number of hydrogen-bond donors (Lipinski definition) is 1. The highest BCUT2D eigenvalue weighted by atomic mass is 16.2. The summed E-state index contributed by atoms with van der Waals surface area (Å²) >= 11 is 0. The molecule has 0 bridgehead atoms. The molecule has 1 heterocycles. The molecule has 1 fully saturated rings. The maximum atomic E-state index is 12.9. The van der Waals surface area contributed by atoms with E-state index in [1.807, 2.05) is 37.3 Å². The number of nitrogens with one attached hydrogen (secondary N) is 1. The zero-order valence-corrected chi connectivity index (χ0v) is 15.1. The molecule has 1 aliphatic carbocycles. The van der Waals surface area contributed by atoms with Crippen molar-refractivity contribution in [2.75, 3.05) is 11.4 Å². The molecule has 1 aromatic carbocycles. The molecule has 0 atom stereocenters. The highest BCUT2D eigenvalue weighted by molar-refractivity contribution is 6.07. The van der Waals surface area contributed by atoms with Gasteiger partial charge in [-0.1, -0.05) is 37.5 Å². The molecule has 5 nitrogen and oxygen atoms in total. The van der Waals surface area contributed by atoms with Crippen LogP contribution in [-0.4, -0.2) is 29.4 Å². The summed E-state index contributed by atoms with van der Waals surface area (Å²) in [6.07, 6.45) is 7.10. The molecule has 1 aliphatic rings. The van der Waals surface area contributed by atoms with E-state index in [2.05, 4.69) is 10.3 Å². The lowest BCUT2D eigenvalue weighted by Crippen LogP contribution is -2.37. The van der Waals surface area contributed by atoms with Gasteiger partial charge in [-0.15, -0.1) is 0 Å². The standard InChI is InChI=1S/C21H25N3O2/c1-2-24(18-11-7-4-8-12-18)21(26)16-13-14-22-19(15-16)20(25)23-17-9-5-3-6-10-17/h4,7-8,11-15,17H,2-3,5-6,9-10H2,1H3,(H,23,25). The third kappa shape index (κ3) is 4.28. The predicted molar refractivity (Wildman–Crippen MR) is 102 cm³/mol. The van der Waals surface area contributed by atoms with Gasteiger partial charge in [0.05, 0.1) is 0 Å². The summed E-state index contributed by atoms with van der Waals surface area (Å²) in [7, 11) is 0. The molecule has 0 radical (unpaired) electrons. The summed E-state index contributed by atoms with van der Waals surface area (Å²) < 4.78 is 0. The minimum Gasteiger partial charge on any atom is -0.348 e. The lowest BCUT2D eigenvalue weighted by molar-refractivity contribution is 0.0922. The second-order valence-electron chi connectivity index (χ2n) is 6.62. The van der Waals surface area contributed by atoms with Crippen LogP contribution in [0, 0.1) is 0 Å². The first-order valence-corrected chi connectivity index (χ1v) is 9.33. The highest BCUT2D eigenvalue weighted by Crippen LogP contribution is 2.19. The predicted octanol–water partition coefficient (Wildman–Crippen LogP) is 3.81. The normalized spacial score (nSPS) is 14.7. The van der Waals surface area contributed by atoms with Crippen molar-refractivity contribution >= 4 is 17.5 Å². The number of nitrogens with zero attached hydrogens (tertiary/aromatic N) is 2. The molecule has 5 heteroatoms. The number of benzene rings is 1. The van der Waals surface area contributed by atoms with Gasteiger partial charge in [-0.2, -0.15) is 0 Å². The third-order valence-electron chi connectivity index (χ3n) is 4.81. The first-order chi connectivity index (χ1) is 12.7. The van der Waals surface area contributed by atoms with E-state index >= 15 is 0 Å². The third-order valence-corrected chi connectivity index (χ3v) is 4.81. The van der Waals surface area contributed by atoms with Crippen LogP contribution in [0.2, 0.25) is 0 Å². The van der Waals surface area contributed by atoms with E-state index in [4.69, 9.17) is 0 Å². The molecule has 26 heavy (non-hydrogen) atoms. The number of carbonyl (C=O) groups is 2. The Morgan fingerprint density at radius 3 is 2.54 bits per heavy atom. The zero-order chi connectivity index (χ0) is 18.4. The monoisotopic (exact) mass is 351 g/mol. The van der Waals surface area contributed by atoms with E-state index in [0.29, 0.717) is 17.8 Å². The van der Waals surface area contributed by atoms with Crippen LogP contribution in [0.3, 0.4) is 0 Å². The van der Waals surface area contributed by atoms with Gasteiger partial charge >= 0.3 is 0 Å². The van der Waals surface area contributed by atoms with Gasteiger partial charge in [0.2, 0.25) is 0 Å². The molecule has 1 N–H and O–H groups in total. The van der Waals surface area contributed by atoms with E-state index in [-0.39, 0.29) is 17.9 Å². The first-order valence-electron chi connectivity index (χ1n) is 9.33.